The number of unbranched alkanes of at least 4 members (excludes halogenated alkanes) is 24. The first kappa shape index (κ1) is 50.1. The van der Waals surface area contributed by atoms with E-state index in [1.165, 1.54) is 122 Å². The maximum atomic E-state index is 12.7. The van der Waals surface area contributed by atoms with Gasteiger partial charge in [-0.1, -0.05) is 198 Å². The first-order valence-electron chi connectivity index (χ1n) is 22.5. The molecule has 0 aliphatic carbocycles. The number of hydrogen-bond acceptors (Lipinski definition) is 5. The predicted molar refractivity (Wildman–Crippen MR) is 224 cm³/mol. The molecule has 0 aromatic rings. The fourth-order valence-electron chi connectivity index (χ4n) is 6.35. The Morgan fingerprint density at radius 2 is 0.865 bits per heavy atom. The molecule has 5 nitrogen and oxygen atoms in total. The quantitative estimate of drug-likeness (QED) is 0.0356. The van der Waals surface area contributed by atoms with Crippen LogP contribution in [0.4, 0.5) is 0 Å². The number of rotatable bonds is 41. The molecular weight excluding hydrogens is 645 g/mol. The number of carbonyl (C=O) groups excluding carboxylic acids is 2. The third kappa shape index (κ3) is 40.9. The molecule has 1 unspecified atom stereocenters. The van der Waals surface area contributed by atoms with Gasteiger partial charge in [0.2, 0.25) is 0 Å². The molecular formula is C47H86O5. The van der Waals surface area contributed by atoms with Crippen molar-refractivity contribution in [2.24, 2.45) is 0 Å². The average molecular weight is 731 g/mol. The Balaban J connectivity index is 4.12. The van der Waals surface area contributed by atoms with Crippen molar-refractivity contribution in [3.05, 3.63) is 36.5 Å². The molecule has 0 aromatic carbocycles. The summed E-state index contributed by atoms with van der Waals surface area (Å²) < 4.78 is 17.2. The van der Waals surface area contributed by atoms with Crippen LogP contribution in [0.1, 0.15) is 226 Å². The minimum absolute atomic E-state index is 0.0803. The van der Waals surface area contributed by atoms with Crippen LogP contribution >= 0.6 is 0 Å². The highest BCUT2D eigenvalue weighted by atomic mass is 16.6. The van der Waals surface area contributed by atoms with Crippen molar-refractivity contribution in [3.63, 3.8) is 0 Å². The van der Waals surface area contributed by atoms with E-state index >= 15 is 0 Å². The summed E-state index contributed by atoms with van der Waals surface area (Å²) in [5.74, 6) is -0.411. The van der Waals surface area contributed by atoms with Crippen molar-refractivity contribution in [1.82, 2.24) is 0 Å². The summed E-state index contributed by atoms with van der Waals surface area (Å²) in [5.41, 5.74) is 0. The fraction of sp³-hybridized carbons (Fsp3) is 0.830. The molecule has 0 fully saturated rings. The van der Waals surface area contributed by atoms with Gasteiger partial charge in [-0.2, -0.15) is 0 Å². The summed E-state index contributed by atoms with van der Waals surface area (Å²) in [6, 6.07) is 0. The highest BCUT2D eigenvalue weighted by molar-refractivity contribution is 5.70. The van der Waals surface area contributed by atoms with Crippen LogP contribution in [0.5, 0.6) is 0 Å². The van der Waals surface area contributed by atoms with Gasteiger partial charge < -0.3 is 14.2 Å². The van der Waals surface area contributed by atoms with Crippen molar-refractivity contribution in [3.8, 4) is 0 Å². The predicted octanol–water partition coefficient (Wildman–Crippen LogP) is 14.7. The Hall–Kier alpha value is -1.88. The lowest BCUT2D eigenvalue weighted by Crippen LogP contribution is -2.30. The molecule has 52 heavy (non-hydrogen) atoms. The van der Waals surface area contributed by atoms with Crippen molar-refractivity contribution in [2.75, 3.05) is 19.8 Å². The lowest BCUT2D eigenvalue weighted by Gasteiger charge is -2.18. The van der Waals surface area contributed by atoms with Gasteiger partial charge in [0.25, 0.3) is 0 Å². The second kappa shape index (κ2) is 43.5. The number of carbonyl (C=O) groups is 2. The minimum atomic E-state index is -0.533. The van der Waals surface area contributed by atoms with Crippen LogP contribution in [0.2, 0.25) is 0 Å². The Kier molecular flexibility index (Phi) is 42.0. The van der Waals surface area contributed by atoms with Gasteiger partial charge in [0.1, 0.15) is 6.61 Å². The summed E-state index contributed by atoms with van der Waals surface area (Å²) in [6.45, 7) is 7.68. The van der Waals surface area contributed by atoms with Crippen molar-refractivity contribution >= 4 is 11.9 Å². The van der Waals surface area contributed by atoms with Gasteiger partial charge in [0.05, 0.1) is 6.61 Å². The molecule has 5 heteroatoms. The molecule has 0 aliphatic rings. The molecule has 0 saturated carbocycles. The summed E-state index contributed by atoms with van der Waals surface area (Å²) in [5, 5.41) is 0. The van der Waals surface area contributed by atoms with Crippen LogP contribution in [0.25, 0.3) is 0 Å². The monoisotopic (exact) mass is 731 g/mol. The Bertz CT molecular complexity index is 832. The van der Waals surface area contributed by atoms with Crippen molar-refractivity contribution in [2.45, 2.75) is 232 Å². The van der Waals surface area contributed by atoms with E-state index in [0.717, 1.165) is 70.6 Å². The molecule has 0 rings (SSSR count). The molecule has 0 bridgehead atoms. The van der Waals surface area contributed by atoms with Gasteiger partial charge in [-0.05, 0) is 51.4 Å². The normalized spacial score (nSPS) is 12.4. The Morgan fingerprint density at radius 3 is 1.38 bits per heavy atom. The Morgan fingerprint density at radius 1 is 0.442 bits per heavy atom. The fourth-order valence-corrected chi connectivity index (χ4v) is 6.35. The number of esters is 2. The second-order valence-electron chi connectivity index (χ2n) is 14.9. The van der Waals surface area contributed by atoms with Gasteiger partial charge in [-0.25, -0.2) is 0 Å². The van der Waals surface area contributed by atoms with Crippen LogP contribution in [0.3, 0.4) is 0 Å². The van der Waals surface area contributed by atoms with E-state index in [0.29, 0.717) is 19.4 Å². The summed E-state index contributed by atoms with van der Waals surface area (Å²) in [4.78, 5) is 25.1. The molecule has 304 valence electrons. The second-order valence-corrected chi connectivity index (χ2v) is 14.9. The number of hydrogen-bond donors (Lipinski definition) is 0. The number of allylic oxidation sites excluding steroid dienone is 6. The third-order valence-electron chi connectivity index (χ3n) is 9.69. The van der Waals surface area contributed by atoms with Crippen LogP contribution in [-0.2, 0) is 23.8 Å². The third-order valence-corrected chi connectivity index (χ3v) is 9.69. The van der Waals surface area contributed by atoms with E-state index in [-0.39, 0.29) is 25.2 Å². The number of ether oxygens (including phenoxy) is 3. The maximum Gasteiger partial charge on any atom is 0.306 e. The standard InChI is InChI=1S/C47H86O5/c1-4-7-10-13-16-18-20-22-24-26-28-30-32-34-37-40-46(48)51-44-45(43-50-42-39-36-15-12-9-6-3)52-47(49)41-38-35-33-31-29-27-25-23-21-19-17-14-11-8-5-2/h7,10,16,18,22,24,45H,4-6,8-9,11-15,17,19-21,23,25-44H2,1-3H3/b10-7-,18-16-,24-22-. The van der Waals surface area contributed by atoms with E-state index in [1.807, 2.05) is 0 Å². The molecule has 0 amide bonds. The molecule has 0 radical (unpaired) electrons. The van der Waals surface area contributed by atoms with Crippen LogP contribution in [0.15, 0.2) is 36.5 Å². The summed E-state index contributed by atoms with van der Waals surface area (Å²) in [7, 11) is 0. The highest BCUT2D eigenvalue weighted by Gasteiger charge is 2.17. The molecule has 0 aliphatic heterocycles. The van der Waals surface area contributed by atoms with Crippen LogP contribution < -0.4 is 0 Å². The minimum Gasteiger partial charge on any atom is -0.462 e. The van der Waals surface area contributed by atoms with Crippen molar-refractivity contribution in [1.29, 1.82) is 0 Å². The lowest BCUT2D eigenvalue weighted by atomic mass is 10.0. The van der Waals surface area contributed by atoms with Crippen molar-refractivity contribution < 1.29 is 23.8 Å². The maximum absolute atomic E-state index is 12.7. The molecule has 0 spiro atoms. The summed E-state index contributed by atoms with van der Waals surface area (Å²) in [6.07, 6.45) is 50.1. The molecule has 0 heterocycles. The lowest BCUT2D eigenvalue weighted by molar-refractivity contribution is -0.163. The Labute approximate surface area is 323 Å². The molecule has 0 saturated heterocycles. The van der Waals surface area contributed by atoms with Gasteiger partial charge >= 0.3 is 11.9 Å². The molecule has 1 atom stereocenters. The summed E-state index contributed by atoms with van der Waals surface area (Å²) >= 11 is 0. The largest absolute Gasteiger partial charge is 0.462 e. The molecule has 0 aromatic heterocycles. The zero-order valence-electron chi connectivity index (χ0n) is 34.8. The van der Waals surface area contributed by atoms with E-state index in [4.69, 9.17) is 14.2 Å². The van der Waals surface area contributed by atoms with Crippen LogP contribution in [-0.4, -0.2) is 37.9 Å². The SMILES string of the molecule is CC/C=C\C/C=C\C/C=C\CCCCCCCC(=O)OCC(COCCCCCCCC)OC(=O)CCCCCCCCCCCCCCCCC. The highest BCUT2D eigenvalue weighted by Crippen LogP contribution is 2.15. The smallest absolute Gasteiger partial charge is 0.306 e. The van der Waals surface area contributed by atoms with Gasteiger partial charge in [-0.15, -0.1) is 0 Å². The first-order valence-corrected chi connectivity index (χ1v) is 22.5. The van der Waals surface area contributed by atoms with Gasteiger partial charge in [0.15, 0.2) is 6.10 Å². The van der Waals surface area contributed by atoms with E-state index < -0.39 is 6.10 Å². The van der Waals surface area contributed by atoms with E-state index in [1.54, 1.807) is 0 Å². The van der Waals surface area contributed by atoms with Gasteiger partial charge in [-0.3, -0.25) is 9.59 Å². The van der Waals surface area contributed by atoms with E-state index in [9.17, 15) is 9.59 Å². The first-order chi connectivity index (χ1) is 25.6. The zero-order valence-corrected chi connectivity index (χ0v) is 34.8. The zero-order chi connectivity index (χ0) is 37.8. The topological polar surface area (TPSA) is 61.8 Å². The van der Waals surface area contributed by atoms with E-state index in [2.05, 4.69) is 57.2 Å². The average Bonchev–Trinajstić information content (AvgIpc) is 3.14. The van der Waals surface area contributed by atoms with Gasteiger partial charge in [0, 0.05) is 19.4 Å². The molecule has 0 N–H and O–H groups in total. The van der Waals surface area contributed by atoms with Crippen LogP contribution in [0, 0.1) is 0 Å².